The first-order chi connectivity index (χ1) is 12.7. The number of rotatable bonds is 5. The van der Waals surface area contributed by atoms with Crippen LogP contribution >= 0.6 is 0 Å². The van der Waals surface area contributed by atoms with Gasteiger partial charge in [-0.25, -0.2) is 8.78 Å². The molecule has 0 aliphatic heterocycles. The van der Waals surface area contributed by atoms with Crippen molar-refractivity contribution in [1.29, 1.82) is 0 Å². The highest BCUT2D eigenvalue weighted by Gasteiger charge is 2.56. The van der Waals surface area contributed by atoms with Crippen molar-refractivity contribution in [2.45, 2.75) is 39.5 Å². The van der Waals surface area contributed by atoms with E-state index in [-0.39, 0.29) is 11.6 Å². The predicted molar refractivity (Wildman–Crippen MR) is 101 cm³/mol. The summed E-state index contributed by atoms with van der Waals surface area (Å²) in [5, 5.41) is 5.32. The van der Waals surface area contributed by atoms with Gasteiger partial charge in [0.1, 0.15) is 17.0 Å². The van der Waals surface area contributed by atoms with Crippen molar-refractivity contribution in [3.05, 3.63) is 59.2 Å². The molecule has 0 radical (unpaired) electrons. The molecule has 0 bridgehead atoms. The van der Waals surface area contributed by atoms with Crippen molar-refractivity contribution in [1.82, 2.24) is 0 Å². The molecule has 0 aromatic heterocycles. The van der Waals surface area contributed by atoms with Crippen LogP contribution in [0.2, 0.25) is 0 Å². The predicted octanol–water partition coefficient (Wildman–Crippen LogP) is 4.75. The molecule has 1 aliphatic rings. The lowest BCUT2D eigenvalue weighted by Gasteiger charge is -2.20. The van der Waals surface area contributed by atoms with Gasteiger partial charge in [0.2, 0.25) is 11.8 Å². The van der Waals surface area contributed by atoms with Crippen LogP contribution in [0.3, 0.4) is 0 Å². The molecule has 2 amide bonds. The topological polar surface area (TPSA) is 58.2 Å². The fraction of sp³-hybridized carbons (Fsp3) is 0.333. The summed E-state index contributed by atoms with van der Waals surface area (Å²) >= 11 is 0. The molecule has 3 rings (SSSR count). The summed E-state index contributed by atoms with van der Waals surface area (Å²) in [6.45, 7) is 5.96. The standard InChI is InChI=1S/C21H22F2N2O2/c1-12(2)15-6-4-5-13(3)18(15)25-20(27)21(9-10-21)19(26)24-17-8-7-14(22)11-16(17)23/h4-8,11-12H,9-10H2,1-3H3,(H,24,26)(H,25,27). The van der Waals surface area contributed by atoms with E-state index in [1.807, 2.05) is 39.0 Å². The van der Waals surface area contributed by atoms with Crippen molar-refractivity contribution < 1.29 is 18.4 Å². The summed E-state index contributed by atoms with van der Waals surface area (Å²) in [4.78, 5) is 25.5. The molecule has 2 N–H and O–H groups in total. The van der Waals surface area contributed by atoms with Gasteiger partial charge in [-0.15, -0.1) is 0 Å². The summed E-state index contributed by atoms with van der Waals surface area (Å²) in [6, 6.07) is 8.67. The molecule has 6 heteroatoms. The summed E-state index contributed by atoms with van der Waals surface area (Å²) in [5.41, 5.74) is 1.25. The highest BCUT2D eigenvalue weighted by molar-refractivity contribution is 6.17. The molecule has 0 saturated heterocycles. The Labute approximate surface area is 157 Å². The highest BCUT2D eigenvalue weighted by atomic mass is 19.1. The Morgan fingerprint density at radius 3 is 2.30 bits per heavy atom. The second kappa shape index (κ2) is 7.10. The van der Waals surface area contributed by atoms with Gasteiger partial charge in [-0.3, -0.25) is 9.59 Å². The van der Waals surface area contributed by atoms with E-state index in [1.165, 1.54) is 0 Å². The van der Waals surface area contributed by atoms with Crippen LogP contribution in [0.15, 0.2) is 36.4 Å². The summed E-state index contributed by atoms with van der Waals surface area (Å²) in [5.74, 6) is -2.38. The minimum absolute atomic E-state index is 0.140. The number of anilines is 2. The first-order valence-corrected chi connectivity index (χ1v) is 8.92. The van der Waals surface area contributed by atoms with Gasteiger partial charge in [0.15, 0.2) is 0 Å². The van der Waals surface area contributed by atoms with Gasteiger partial charge in [-0.2, -0.15) is 0 Å². The van der Waals surface area contributed by atoms with Gasteiger partial charge in [-0.05, 0) is 48.9 Å². The first kappa shape index (κ1) is 19.0. The lowest BCUT2D eigenvalue weighted by Crippen LogP contribution is -2.36. The largest absolute Gasteiger partial charge is 0.325 e. The van der Waals surface area contributed by atoms with Gasteiger partial charge in [0.25, 0.3) is 0 Å². The van der Waals surface area contributed by atoms with Gasteiger partial charge < -0.3 is 10.6 Å². The number of amides is 2. The molecular weight excluding hydrogens is 350 g/mol. The van der Waals surface area contributed by atoms with Crippen LogP contribution in [0.4, 0.5) is 20.2 Å². The maximum atomic E-state index is 13.8. The van der Waals surface area contributed by atoms with Crippen LogP contribution in [-0.2, 0) is 9.59 Å². The SMILES string of the molecule is Cc1cccc(C(C)C)c1NC(=O)C1(C(=O)Nc2ccc(F)cc2F)CC1. The highest BCUT2D eigenvalue weighted by Crippen LogP contribution is 2.48. The Morgan fingerprint density at radius 2 is 1.70 bits per heavy atom. The minimum atomic E-state index is -1.22. The third-order valence-corrected chi connectivity index (χ3v) is 4.96. The maximum Gasteiger partial charge on any atom is 0.240 e. The molecule has 2 aromatic carbocycles. The van der Waals surface area contributed by atoms with E-state index < -0.39 is 28.9 Å². The molecule has 2 aromatic rings. The van der Waals surface area contributed by atoms with Crippen molar-refractivity contribution >= 4 is 23.2 Å². The van der Waals surface area contributed by atoms with Crippen molar-refractivity contribution in [3.8, 4) is 0 Å². The van der Waals surface area contributed by atoms with E-state index in [4.69, 9.17) is 0 Å². The molecule has 1 aliphatic carbocycles. The number of hydrogen-bond acceptors (Lipinski definition) is 2. The van der Waals surface area contributed by atoms with E-state index in [0.29, 0.717) is 24.6 Å². The normalized spacial score (nSPS) is 14.7. The van der Waals surface area contributed by atoms with Crippen molar-refractivity contribution in [3.63, 3.8) is 0 Å². The first-order valence-electron chi connectivity index (χ1n) is 8.92. The number of carbonyl (C=O) groups is 2. The lowest BCUT2D eigenvalue weighted by molar-refractivity contribution is -0.131. The number of halogens is 2. The molecule has 0 unspecified atom stereocenters. The number of benzene rings is 2. The number of nitrogens with one attached hydrogen (secondary N) is 2. The van der Waals surface area contributed by atoms with Crippen LogP contribution in [0, 0.1) is 24.0 Å². The second-order valence-electron chi connectivity index (χ2n) is 7.31. The number of aryl methyl sites for hydroxylation is 1. The molecule has 1 saturated carbocycles. The molecule has 142 valence electrons. The molecule has 1 fully saturated rings. The van der Waals surface area contributed by atoms with Crippen LogP contribution in [0.5, 0.6) is 0 Å². The number of carbonyl (C=O) groups excluding carboxylic acids is 2. The van der Waals surface area contributed by atoms with Crippen LogP contribution in [0.25, 0.3) is 0 Å². The molecule has 4 nitrogen and oxygen atoms in total. The van der Waals surface area contributed by atoms with Gasteiger partial charge in [0, 0.05) is 11.8 Å². The average molecular weight is 372 g/mol. The van der Waals surface area contributed by atoms with E-state index >= 15 is 0 Å². The number of para-hydroxylation sites is 1. The second-order valence-corrected chi connectivity index (χ2v) is 7.31. The monoisotopic (exact) mass is 372 g/mol. The third-order valence-electron chi connectivity index (χ3n) is 4.96. The fourth-order valence-electron chi connectivity index (χ4n) is 3.09. The van der Waals surface area contributed by atoms with Crippen LogP contribution in [-0.4, -0.2) is 11.8 Å². The fourth-order valence-corrected chi connectivity index (χ4v) is 3.09. The molecule has 0 heterocycles. The van der Waals surface area contributed by atoms with Crippen LogP contribution in [0.1, 0.15) is 43.7 Å². The van der Waals surface area contributed by atoms with Crippen molar-refractivity contribution in [2.24, 2.45) is 5.41 Å². The molecule has 0 spiro atoms. The zero-order chi connectivity index (χ0) is 19.8. The Balaban J connectivity index is 1.80. The zero-order valence-electron chi connectivity index (χ0n) is 15.5. The van der Waals surface area contributed by atoms with Gasteiger partial charge >= 0.3 is 0 Å². The summed E-state index contributed by atoms with van der Waals surface area (Å²) in [7, 11) is 0. The van der Waals surface area contributed by atoms with Crippen molar-refractivity contribution in [2.75, 3.05) is 10.6 Å². The Morgan fingerprint density at radius 1 is 1.04 bits per heavy atom. The van der Waals surface area contributed by atoms with E-state index in [2.05, 4.69) is 10.6 Å². The van der Waals surface area contributed by atoms with E-state index in [1.54, 1.807) is 0 Å². The maximum absolute atomic E-state index is 13.8. The van der Waals surface area contributed by atoms with Gasteiger partial charge in [0.05, 0.1) is 5.69 Å². The molecule has 0 atom stereocenters. The molecule has 27 heavy (non-hydrogen) atoms. The Kier molecular flexibility index (Phi) is 5.00. The molecular formula is C21H22F2N2O2. The lowest BCUT2D eigenvalue weighted by atomic mass is 9.97. The Bertz CT molecular complexity index is 905. The third kappa shape index (κ3) is 3.70. The minimum Gasteiger partial charge on any atom is -0.325 e. The quantitative estimate of drug-likeness (QED) is 0.744. The average Bonchev–Trinajstić information content (AvgIpc) is 3.41. The smallest absolute Gasteiger partial charge is 0.240 e. The Hall–Kier alpha value is -2.76. The van der Waals surface area contributed by atoms with Crippen LogP contribution < -0.4 is 10.6 Å². The number of hydrogen-bond donors (Lipinski definition) is 2. The van der Waals surface area contributed by atoms with Gasteiger partial charge in [-0.1, -0.05) is 32.0 Å². The van der Waals surface area contributed by atoms with E-state index in [9.17, 15) is 18.4 Å². The zero-order valence-corrected chi connectivity index (χ0v) is 15.5. The summed E-state index contributed by atoms with van der Waals surface area (Å²) in [6.07, 6.45) is 0.771. The summed E-state index contributed by atoms with van der Waals surface area (Å²) < 4.78 is 26.8. The van der Waals surface area contributed by atoms with E-state index in [0.717, 1.165) is 23.3 Å².